The van der Waals surface area contributed by atoms with Crippen molar-refractivity contribution >= 4 is 17.8 Å². The van der Waals surface area contributed by atoms with E-state index in [1.165, 1.54) is 5.56 Å². The summed E-state index contributed by atoms with van der Waals surface area (Å²) in [6, 6.07) is 12.0. The van der Waals surface area contributed by atoms with Crippen LogP contribution in [-0.2, 0) is 4.79 Å². The average Bonchev–Trinajstić information content (AvgIpc) is 2.81. The lowest BCUT2D eigenvalue weighted by molar-refractivity contribution is -0.132. The topological polar surface area (TPSA) is 81.7 Å². The second-order valence-corrected chi connectivity index (χ2v) is 10.1. The van der Waals surface area contributed by atoms with Crippen LogP contribution in [0.25, 0.3) is 11.3 Å². The van der Waals surface area contributed by atoms with Gasteiger partial charge in [-0.2, -0.15) is 0 Å². The minimum Gasteiger partial charge on any atom is -0.352 e. The molecule has 1 saturated heterocycles. The third-order valence-corrected chi connectivity index (χ3v) is 6.13. The first-order valence-corrected chi connectivity index (χ1v) is 12.1. The average molecular weight is 467 g/mol. The van der Waals surface area contributed by atoms with Gasteiger partial charge in [-0.15, -0.1) is 10.2 Å². The van der Waals surface area contributed by atoms with E-state index < -0.39 is 0 Å². The van der Waals surface area contributed by atoms with Crippen molar-refractivity contribution in [1.29, 1.82) is 0 Å². The lowest BCUT2D eigenvalue weighted by Crippen LogP contribution is -2.56. The van der Waals surface area contributed by atoms with E-state index in [4.69, 9.17) is 0 Å². The first-order chi connectivity index (χ1) is 16.1. The summed E-state index contributed by atoms with van der Waals surface area (Å²) in [7, 11) is 0. The Morgan fingerprint density at radius 3 is 2.21 bits per heavy atom. The lowest BCUT2D eigenvalue weighted by atomic mass is 10.1. The Bertz CT molecular complexity index is 960. The number of nitrogens with zero attached hydrogens (tertiary/aromatic N) is 5. The normalized spacial score (nSPS) is 15.1. The number of aryl methyl sites for hydroxylation is 1. The third kappa shape index (κ3) is 6.68. The van der Waals surface area contributed by atoms with E-state index in [0.29, 0.717) is 26.2 Å². The molecule has 1 aromatic heterocycles. The van der Waals surface area contributed by atoms with Crippen LogP contribution in [0.4, 0.5) is 10.6 Å². The van der Waals surface area contributed by atoms with Gasteiger partial charge in [-0.05, 0) is 53.2 Å². The molecule has 3 rings (SSSR count). The van der Waals surface area contributed by atoms with Gasteiger partial charge in [0.2, 0.25) is 5.91 Å². The Morgan fingerprint density at radius 2 is 1.68 bits per heavy atom. The first kappa shape index (κ1) is 25.5. The molecule has 0 spiro atoms. The molecule has 8 nitrogen and oxygen atoms in total. The van der Waals surface area contributed by atoms with E-state index in [2.05, 4.69) is 39.5 Å². The van der Waals surface area contributed by atoms with Gasteiger partial charge in [0.1, 0.15) is 6.54 Å². The van der Waals surface area contributed by atoms with Gasteiger partial charge < -0.3 is 20.0 Å². The van der Waals surface area contributed by atoms with Crippen molar-refractivity contribution in [3.8, 4) is 11.3 Å². The van der Waals surface area contributed by atoms with Crippen molar-refractivity contribution in [3.05, 3.63) is 42.0 Å². The van der Waals surface area contributed by atoms with Crippen molar-refractivity contribution in [1.82, 2.24) is 25.3 Å². The van der Waals surface area contributed by atoms with E-state index in [1.54, 1.807) is 4.90 Å². The molecule has 8 heteroatoms. The summed E-state index contributed by atoms with van der Waals surface area (Å²) < 4.78 is 0. The van der Waals surface area contributed by atoms with E-state index in [9.17, 15) is 9.59 Å². The number of piperazine rings is 1. The maximum absolute atomic E-state index is 13.0. The number of carbonyl (C=O) groups excluding carboxylic acids is 2. The Morgan fingerprint density at radius 1 is 1.03 bits per heavy atom. The number of benzene rings is 1. The third-order valence-electron chi connectivity index (χ3n) is 6.13. The number of urea groups is 1. The fourth-order valence-corrected chi connectivity index (χ4v) is 3.84. The molecule has 1 aromatic carbocycles. The maximum atomic E-state index is 13.0. The van der Waals surface area contributed by atoms with Crippen molar-refractivity contribution in [3.63, 3.8) is 0 Å². The summed E-state index contributed by atoms with van der Waals surface area (Å²) in [5.74, 6) is 0.790. The van der Waals surface area contributed by atoms with Crippen LogP contribution < -0.4 is 10.2 Å². The lowest BCUT2D eigenvalue weighted by Gasteiger charge is -2.37. The highest BCUT2D eigenvalue weighted by Crippen LogP contribution is 2.20. The zero-order valence-corrected chi connectivity index (χ0v) is 21.3. The second kappa shape index (κ2) is 10.8. The van der Waals surface area contributed by atoms with Gasteiger partial charge in [-0.3, -0.25) is 4.79 Å². The molecule has 34 heavy (non-hydrogen) atoms. The largest absolute Gasteiger partial charge is 0.352 e. The van der Waals surface area contributed by atoms with E-state index in [-0.39, 0.29) is 30.1 Å². The molecule has 0 aliphatic carbocycles. The van der Waals surface area contributed by atoms with Gasteiger partial charge in [-0.25, -0.2) is 4.79 Å². The molecule has 1 aliphatic rings. The molecule has 1 N–H and O–H groups in total. The number of amides is 3. The molecule has 0 radical (unpaired) electrons. The van der Waals surface area contributed by atoms with Crippen molar-refractivity contribution in [2.45, 2.75) is 59.5 Å². The number of aromatic nitrogens is 2. The smallest absolute Gasteiger partial charge is 0.318 e. The highest BCUT2D eigenvalue weighted by atomic mass is 16.2. The number of hydrogen-bond donors (Lipinski definition) is 1. The molecule has 3 amide bonds. The van der Waals surface area contributed by atoms with Gasteiger partial charge in [0.25, 0.3) is 0 Å². The summed E-state index contributed by atoms with van der Waals surface area (Å²) >= 11 is 0. The first-order valence-electron chi connectivity index (χ1n) is 12.1. The van der Waals surface area contributed by atoms with Crippen molar-refractivity contribution in [2.24, 2.45) is 0 Å². The Hall–Kier alpha value is -3.16. The van der Waals surface area contributed by atoms with Crippen LogP contribution in [0.3, 0.4) is 0 Å². The highest BCUT2D eigenvalue weighted by molar-refractivity contribution is 5.84. The van der Waals surface area contributed by atoms with Crippen molar-refractivity contribution in [2.75, 3.05) is 37.6 Å². The zero-order chi connectivity index (χ0) is 24.9. The van der Waals surface area contributed by atoms with Crippen LogP contribution in [0.15, 0.2) is 36.4 Å². The molecule has 2 aromatic rings. The summed E-state index contributed by atoms with van der Waals surface area (Å²) in [6.07, 6.45) is 0.788. The Kier molecular flexibility index (Phi) is 8.12. The number of nitrogens with one attached hydrogen (secondary N) is 1. The molecule has 1 fully saturated rings. The monoisotopic (exact) mass is 466 g/mol. The molecule has 0 bridgehead atoms. The van der Waals surface area contributed by atoms with E-state index in [0.717, 1.165) is 23.5 Å². The predicted molar refractivity (Wildman–Crippen MR) is 136 cm³/mol. The van der Waals surface area contributed by atoms with Gasteiger partial charge >= 0.3 is 6.03 Å². The fourth-order valence-electron chi connectivity index (χ4n) is 3.84. The number of carbonyl (C=O) groups is 2. The molecule has 2 heterocycles. The van der Waals surface area contributed by atoms with Crippen LogP contribution >= 0.6 is 0 Å². The summed E-state index contributed by atoms with van der Waals surface area (Å²) in [5, 5.41) is 11.8. The quantitative estimate of drug-likeness (QED) is 0.702. The second-order valence-electron chi connectivity index (χ2n) is 10.1. The van der Waals surface area contributed by atoms with Gasteiger partial charge in [-0.1, -0.05) is 36.8 Å². The molecular formula is C26H38N6O2. The van der Waals surface area contributed by atoms with Crippen molar-refractivity contribution < 1.29 is 9.59 Å². The minimum atomic E-state index is -0.354. The number of hydrogen-bond acceptors (Lipinski definition) is 5. The predicted octanol–water partition coefficient (Wildman–Crippen LogP) is 3.71. The van der Waals surface area contributed by atoms with Gasteiger partial charge in [0.05, 0.1) is 5.69 Å². The Labute approximate surface area is 203 Å². The van der Waals surface area contributed by atoms with Gasteiger partial charge in [0, 0.05) is 43.3 Å². The molecular weight excluding hydrogens is 428 g/mol. The molecule has 0 unspecified atom stereocenters. The van der Waals surface area contributed by atoms with Crippen LogP contribution in [0.5, 0.6) is 0 Å². The zero-order valence-electron chi connectivity index (χ0n) is 21.3. The van der Waals surface area contributed by atoms with Crippen LogP contribution in [-0.4, -0.2) is 76.2 Å². The molecule has 0 saturated carbocycles. The number of anilines is 1. The summed E-state index contributed by atoms with van der Waals surface area (Å²) in [6.45, 7) is 14.5. The van der Waals surface area contributed by atoms with Gasteiger partial charge in [0.15, 0.2) is 5.82 Å². The maximum Gasteiger partial charge on any atom is 0.318 e. The summed E-state index contributed by atoms with van der Waals surface area (Å²) in [5.41, 5.74) is 2.74. The fraction of sp³-hybridized carbons (Fsp3) is 0.538. The molecule has 184 valence electrons. The highest BCUT2D eigenvalue weighted by Gasteiger charge is 2.29. The van der Waals surface area contributed by atoms with Crippen LogP contribution in [0.1, 0.15) is 46.6 Å². The number of rotatable bonds is 6. The van der Waals surface area contributed by atoms with Crippen LogP contribution in [0.2, 0.25) is 0 Å². The summed E-state index contributed by atoms with van der Waals surface area (Å²) in [4.78, 5) is 31.4. The van der Waals surface area contributed by atoms with E-state index in [1.807, 2.05) is 63.8 Å². The molecule has 1 aliphatic heterocycles. The standard InChI is InChI=1S/C26H38N6O2/c1-7-20(3)32(25(34)27-26(4,5)6)18-24(33)31-16-14-30(15-17-31)23-13-12-22(28-29-23)21-10-8-19(2)9-11-21/h8-13,20H,7,14-18H2,1-6H3,(H,27,34)/t20-/m1/s1. The SMILES string of the molecule is CC[C@@H](C)N(CC(=O)N1CCN(c2ccc(-c3ccc(C)cc3)nn2)CC1)C(=O)NC(C)(C)C. The minimum absolute atomic E-state index is 0.0186. The van der Waals surface area contributed by atoms with E-state index >= 15 is 0 Å². The molecule has 1 atom stereocenters. The van der Waals surface area contributed by atoms with Crippen LogP contribution in [0, 0.1) is 6.92 Å². The Balaban J connectivity index is 1.57.